The molecule has 1 aromatic heterocycles. The first-order valence-electron chi connectivity index (χ1n) is 5.69. The number of carbonyl (C=O) groups is 1. The molecule has 18 heavy (non-hydrogen) atoms. The number of nitrogens with zero attached hydrogens (tertiary/aromatic N) is 1. The molecule has 1 heterocycles. The molecule has 1 aromatic carbocycles. The number of aryl methyl sites for hydroxylation is 3. The van der Waals surface area contributed by atoms with Crippen LogP contribution in [0.5, 0.6) is 5.75 Å². The molecule has 0 radical (unpaired) electrons. The number of ether oxygens (including phenoxy) is 1. The number of esters is 1. The van der Waals surface area contributed by atoms with E-state index in [2.05, 4.69) is 11.1 Å². The third kappa shape index (κ3) is 2.43. The van der Waals surface area contributed by atoms with E-state index in [9.17, 15) is 4.79 Å². The van der Waals surface area contributed by atoms with Gasteiger partial charge in [-0.1, -0.05) is 6.07 Å². The summed E-state index contributed by atoms with van der Waals surface area (Å²) in [7, 11) is 0. The molecule has 0 spiro atoms. The Bertz CT molecular complexity index is 602. The molecule has 0 saturated carbocycles. The normalized spacial score (nSPS) is 10.4. The van der Waals surface area contributed by atoms with Gasteiger partial charge in [0, 0.05) is 0 Å². The van der Waals surface area contributed by atoms with Crippen LogP contribution in [-0.2, 0) is 0 Å². The summed E-state index contributed by atoms with van der Waals surface area (Å²) in [5.74, 6) is 0.299. The highest BCUT2D eigenvalue weighted by atomic mass is 32.1. The summed E-state index contributed by atoms with van der Waals surface area (Å²) in [6, 6.07) is 3.96. The van der Waals surface area contributed by atoms with Gasteiger partial charge in [0.05, 0.1) is 11.2 Å². The van der Waals surface area contributed by atoms with Crippen molar-refractivity contribution in [1.82, 2.24) is 4.98 Å². The van der Waals surface area contributed by atoms with E-state index in [1.54, 1.807) is 12.4 Å². The third-order valence-electron chi connectivity index (χ3n) is 2.90. The van der Waals surface area contributed by atoms with Gasteiger partial charge in [0.1, 0.15) is 10.6 Å². The van der Waals surface area contributed by atoms with E-state index in [1.807, 2.05) is 26.8 Å². The van der Waals surface area contributed by atoms with Crippen molar-refractivity contribution in [1.29, 1.82) is 0 Å². The van der Waals surface area contributed by atoms with E-state index in [0.717, 1.165) is 16.7 Å². The molecule has 0 aliphatic rings. The molecule has 0 amide bonds. The number of carbonyl (C=O) groups excluding carboxylic acids is 1. The lowest BCUT2D eigenvalue weighted by atomic mass is 10.1. The zero-order valence-electron chi connectivity index (χ0n) is 10.9. The summed E-state index contributed by atoms with van der Waals surface area (Å²) in [6.07, 6.45) is 0. The molecule has 94 valence electrons. The summed E-state index contributed by atoms with van der Waals surface area (Å²) in [6.45, 7) is 7.76. The molecular weight excluding hydrogens is 246 g/mol. The Morgan fingerprint density at radius 1 is 1.22 bits per heavy atom. The number of thiazole rings is 1. The van der Waals surface area contributed by atoms with Crippen molar-refractivity contribution in [3.8, 4) is 5.75 Å². The minimum absolute atomic E-state index is 0.330. The maximum atomic E-state index is 12.0. The maximum Gasteiger partial charge on any atom is 0.355 e. The number of rotatable bonds is 2. The lowest BCUT2D eigenvalue weighted by Gasteiger charge is -2.10. The molecule has 0 saturated heterocycles. The molecular formula is C14H15NO2S. The lowest BCUT2D eigenvalue weighted by molar-refractivity contribution is 0.0737. The monoisotopic (exact) mass is 261 g/mol. The second-order valence-electron chi connectivity index (χ2n) is 4.36. The van der Waals surface area contributed by atoms with Gasteiger partial charge in [0.25, 0.3) is 0 Å². The first-order chi connectivity index (χ1) is 8.49. The summed E-state index contributed by atoms with van der Waals surface area (Å²) in [5, 5.41) is 0. The summed E-state index contributed by atoms with van der Waals surface area (Å²) in [4.78, 5) is 16.6. The van der Waals surface area contributed by atoms with Crippen molar-refractivity contribution >= 4 is 17.3 Å². The zero-order valence-corrected chi connectivity index (χ0v) is 11.7. The lowest BCUT2D eigenvalue weighted by Crippen LogP contribution is -2.09. The molecule has 0 aliphatic carbocycles. The van der Waals surface area contributed by atoms with Gasteiger partial charge in [-0.15, -0.1) is 11.3 Å². The van der Waals surface area contributed by atoms with Crippen LogP contribution in [0, 0.1) is 27.7 Å². The highest BCUT2D eigenvalue weighted by Gasteiger charge is 2.16. The fourth-order valence-corrected chi connectivity index (χ4v) is 2.43. The van der Waals surface area contributed by atoms with Crippen LogP contribution in [-0.4, -0.2) is 11.0 Å². The Morgan fingerprint density at radius 3 is 2.56 bits per heavy atom. The Hall–Kier alpha value is -1.68. The van der Waals surface area contributed by atoms with Crippen molar-refractivity contribution in [2.75, 3.05) is 0 Å². The summed E-state index contributed by atoms with van der Waals surface area (Å²) < 4.78 is 5.46. The fraction of sp³-hybridized carbons (Fsp3) is 0.286. The van der Waals surface area contributed by atoms with Crippen LogP contribution in [0.15, 0.2) is 17.6 Å². The molecule has 0 N–H and O–H groups in total. The Balaban J connectivity index is 2.30. The molecule has 0 aliphatic heterocycles. The Kier molecular flexibility index (Phi) is 3.48. The number of hydrogen-bond acceptors (Lipinski definition) is 4. The second-order valence-corrected chi connectivity index (χ2v) is 5.22. The average Bonchev–Trinajstić information content (AvgIpc) is 2.71. The molecule has 2 aromatic rings. The van der Waals surface area contributed by atoms with Gasteiger partial charge < -0.3 is 4.74 Å². The van der Waals surface area contributed by atoms with Crippen molar-refractivity contribution in [2.45, 2.75) is 27.7 Å². The van der Waals surface area contributed by atoms with Gasteiger partial charge >= 0.3 is 5.97 Å². The molecule has 3 nitrogen and oxygen atoms in total. The topological polar surface area (TPSA) is 39.2 Å². The van der Waals surface area contributed by atoms with Gasteiger partial charge in [-0.25, -0.2) is 9.78 Å². The largest absolute Gasteiger partial charge is 0.422 e. The van der Waals surface area contributed by atoms with Crippen LogP contribution >= 0.6 is 11.3 Å². The Labute approximate surface area is 110 Å². The minimum Gasteiger partial charge on any atom is -0.422 e. The van der Waals surface area contributed by atoms with E-state index < -0.39 is 0 Å². The van der Waals surface area contributed by atoms with Crippen LogP contribution in [0.1, 0.15) is 32.1 Å². The van der Waals surface area contributed by atoms with Crippen molar-refractivity contribution in [2.24, 2.45) is 0 Å². The first-order valence-corrected chi connectivity index (χ1v) is 6.57. The van der Waals surface area contributed by atoms with E-state index in [0.29, 0.717) is 16.3 Å². The standard InChI is InChI=1S/C14H15NO2S/c1-8-5-9(2)10(3)12(6-8)17-14(16)13-11(4)15-7-18-13/h5-7H,1-4H3. The molecule has 4 heteroatoms. The van der Waals surface area contributed by atoms with E-state index >= 15 is 0 Å². The smallest absolute Gasteiger partial charge is 0.355 e. The van der Waals surface area contributed by atoms with Gasteiger partial charge in [0.2, 0.25) is 0 Å². The SMILES string of the molecule is Cc1cc(C)c(C)c(OC(=O)c2scnc2C)c1. The van der Waals surface area contributed by atoms with Crippen LogP contribution in [0.3, 0.4) is 0 Å². The van der Waals surface area contributed by atoms with Crippen LogP contribution in [0.4, 0.5) is 0 Å². The summed E-state index contributed by atoms with van der Waals surface area (Å²) >= 11 is 1.31. The van der Waals surface area contributed by atoms with Crippen molar-refractivity contribution < 1.29 is 9.53 Å². The first kappa shape index (κ1) is 12.8. The predicted octanol–water partition coefficient (Wildman–Crippen LogP) is 3.60. The number of hydrogen-bond donors (Lipinski definition) is 0. The molecule has 0 fully saturated rings. The maximum absolute atomic E-state index is 12.0. The van der Waals surface area contributed by atoms with Gasteiger partial charge in [-0.3, -0.25) is 0 Å². The minimum atomic E-state index is -0.330. The van der Waals surface area contributed by atoms with Crippen LogP contribution in [0.25, 0.3) is 0 Å². The van der Waals surface area contributed by atoms with Gasteiger partial charge in [-0.05, 0) is 50.5 Å². The quantitative estimate of drug-likeness (QED) is 0.612. The highest BCUT2D eigenvalue weighted by molar-refractivity contribution is 7.11. The zero-order chi connectivity index (χ0) is 13.3. The van der Waals surface area contributed by atoms with Crippen LogP contribution in [0.2, 0.25) is 0 Å². The second kappa shape index (κ2) is 4.90. The van der Waals surface area contributed by atoms with Crippen molar-refractivity contribution in [3.05, 3.63) is 44.9 Å². The van der Waals surface area contributed by atoms with Crippen LogP contribution < -0.4 is 4.74 Å². The van der Waals surface area contributed by atoms with E-state index in [4.69, 9.17) is 4.74 Å². The summed E-state index contributed by atoms with van der Waals surface area (Å²) in [5.41, 5.74) is 5.57. The van der Waals surface area contributed by atoms with E-state index in [1.165, 1.54) is 11.3 Å². The average molecular weight is 261 g/mol. The molecule has 0 atom stereocenters. The van der Waals surface area contributed by atoms with E-state index in [-0.39, 0.29) is 5.97 Å². The van der Waals surface area contributed by atoms with Crippen molar-refractivity contribution in [3.63, 3.8) is 0 Å². The molecule has 0 unspecified atom stereocenters. The van der Waals surface area contributed by atoms with Gasteiger partial charge in [0.15, 0.2) is 0 Å². The number of aromatic nitrogens is 1. The highest BCUT2D eigenvalue weighted by Crippen LogP contribution is 2.25. The molecule has 2 rings (SSSR count). The fourth-order valence-electron chi connectivity index (χ4n) is 1.75. The number of benzene rings is 1. The predicted molar refractivity (Wildman–Crippen MR) is 72.5 cm³/mol. The molecule has 0 bridgehead atoms. The van der Waals surface area contributed by atoms with Gasteiger partial charge in [-0.2, -0.15) is 0 Å². The Morgan fingerprint density at radius 2 is 1.94 bits per heavy atom. The third-order valence-corrected chi connectivity index (χ3v) is 3.81.